The average molecular weight is 386 g/mol. The summed E-state index contributed by atoms with van der Waals surface area (Å²) in [4.78, 5) is 7.71. The molecule has 0 aliphatic rings. The van der Waals surface area contributed by atoms with E-state index < -0.39 is 11.9 Å². The Hall–Kier alpha value is -2.29. The molecule has 1 heterocycles. The molecular weight excluding hydrogens is 365 g/mol. The van der Waals surface area contributed by atoms with Crippen molar-refractivity contribution in [1.29, 1.82) is 0 Å². The fourth-order valence-corrected chi connectivity index (χ4v) is 3.03. The molecule has 5 nitrogen and oxygen atoms in total. The fraction of sp³-hybridized carbons (Fsp3) is 0.412. The number of rotatable bonds is 6. The normalized spacial score (nSPS) is 12.2. The van der Waals surface area contributed by atoms with E-state index in [2.05, 4.69) is 20.6 Å². The smallest absolute Gasteiger partial charge is 0.434 e. The standard InChI is InChI=1S/C17H21F3N4OS/c1-11-4-5-12(8-13(11)25-3)9-23-16(21-2)22-7-6-15-24-14(10-26-15)17(18,19)20/h4-5,8,10H,6-7,9H2,1-3H3,(H2,21,22,23). The number of halogens is 3. The van der Waals surface area contributed by atoms with E-state index >= 15 is 0 Å². The predicted molar refractivity (Wildman–Crippen MR) is 96.8 cm³/mol. The van der Waals surface area contributed by atoms with Crippen LogP contribution in [0.2, 0.25) is 0 Å². The Kier molecular flexibility index (Phi) is 6.84. The first-order valence-corrected chi connectivity index (χ1v) is 8.81. The van der Waals surface area contributed by atoms with Gasteiger partial charge in [-0.3, -0.25) is 4.99 Å². The summed E-state index contributed by atoms with van der Waals surface area (Å²) in [5, 5.41) is 7.70. The Balaban J connectivity index is 1.82. The molecule has 0 unspecified atom stereocenters. The van der Waals surface area contributed by atoms with Gasteiger partial charge in [-0.25, -0.2) is 4.98 Å². The molecule has 0 fully saturated rings. The molecule has 0 saturated heterocycles. The van der Waals surface area contributed by atoms with Gasteiger partial charge in [0, 0.05) is 31.9 Å². The summed E-state index contributed by atoms with van der Waals surface area (Å²) >= 11 is 1.01. The number of hydrogen-bond acceptors (Lipinski definition) is 4. The predicted octanol–water partition coefficient (Wildman–Crippen LogP) is 3.39. The number of alkyl halides is 3. The van der Waals surface area contributed by atoms with Gasteiger partial charge < -0.3 is 15.4 Å². The Morgan fingerprint density at radius 2 is 2.08 bits per heavy atom. The third kappa shape index (κ3) is 5.62. The van der Waals surface area contributed by atoms with E-state index in [1.165, 1.54) is 0 Å². The maximum Gasteiger partial charge on any atom is 0.434 e. The SMILES string of the molecule is CN=C(NCCc1nc(C(F)(F)F)cs1)NCc1ccc(C)c(OC)c1. The van der Waals surface area contributed by atoms with E-state index in [1.807, 2.05) is 25.1 Å². The Morgan fingerprint density at radius 1 is 1.31 bits per heavy atom. The average Bonchev–Trinajstić information content (AvgIpc) is 3.08. The van der Waals surface area contributed by atoms with Crippen molar-refractivity contribution in [2.75, 3.05) is 20.7 Å². The van der Waals surface area contributed by atoms with Gasteiger partial charge in [-0.15, -0.1) is 11.3 Å². The van der Waals surface area contributed by atoms with E-state index in [4.69, 9.17) is 4.74 Å². The van der Waals surface area contributed by atoms with Crippen molar-refractivity contribution in [1.82, 2.24) is 15.6 Å². The number of aryl methyl sites for hydroxylation is 1. The number of aliphatic imine (C=N–C) groups is 1. The lowest BCUT2D eigenvalue weighted by atomic mass is 10.1. The molecule has 26 heavy (non-hydrogen) atoms. The largest absolute Gasteiger partial charge is 0.496 e. The minimum atomic E-state index is -4.39. The molecule has 1 aromatic carbocycles. The van der Waals surface area contributed by atoms with Crippen molar-refractivity contribution in [2.24, 2.45) is 4.99 Å². The molecule has 1 aromatic heterocycles. The molecular formula is C17H21F3N4OS. The van der Waals surface area contributed by atoms with Gasteiger partial charge in [0.05, 0.1) is 12.1 Å². The van der Waals surface area contributed by atoms with Crippen molar-refractivity contribution in [3.63, 3.8) is 0 Å². The second-order valence-corrected chi connectivity index (χ2v) is 6.47. The van der Waals surface area contributed by atoms with Crippen LogP contribution in [0.4, 0.5) is 13.2 Å². The summed E-state index contributed by atoms with van der Waals surface area (Å²) in [5.41, 5.74) is 1.25. The van der Waals surface area contributed by atoms with Crippen molar-refractivity contribution in [3.05, 3.63) is 45.4 Å². The van der Waals surface area contributed by atoms with Crippen LogP contribution in [0.15, 0.2) is 28.6 Å². The highest BCUT2D eigenvalue weighted by molar-refractivity contribution is 7.09. The first-order chi connectivity index (χ1) is 12.3. The summed E-state index contributed by atoms with van der Waals surface area (Å²) in [5.74, 6) is 1.38. The Bertz CT molecular complexity index is 759. The number of nitrogens with zero attached hydrogens (tertiary/aromatic N) is 2. The molecule has 0 aliphatic carbocycles. The van der Waals surface area contributed by atoms with Gasteiger partial charge in [-0.1, -0.05) is 12.1 Å². The Labute approximate surface area is 154 Å². The highest BCUT2D eigenvalue weighted by Gasteiger charge is 2.33. The molecule has 2 rings (SSSR count). The van der Waals surface area contributed by atoms with E-state index in [0.29, 0.717) is 30.5 Å². The summed E-state index contributed by atoms with van der Waals surface area (Å²) in [6.07, 6.45) is -4.01. The van der Waals surface area contributed by atoms with Crippen molar-refractivity contribution < 1.29 is 17.9 Å². The Morgan fingerprint density at radius 3 is 2.69 bits per heavy atom. The lowest BCUT2D eigenvalue weighted by molar-refractivity contribution is -0.140. The number of ether oxygens (including phenoxy) is 1. The van der Waals surface area contributed by atoms with E-state index in [1.54, 1.807) is 14.2 Å². The van der Waals surface area contributed by atoms with Gasteiger partial charge in [-0.05, 0) is 24.1 Å². The van der Waals surface area contributed by atoms with Gasteiger partial charge in [0.15, 0.2) is 11.7 Å². The molecule has 0 bridgehead atoms. The third-order valence-corrected chi connectivity index (χ3v) is 4.54. The zero-order valence-electron chi connectivity index (χ0n) is 14.8. The van der Waals surface area contributed by atoms with Crippen LogP contribution >= 0.6 is 11.3 Å². The van der Waals surface area contributed by atoms with Crippen molar-refractivity contribution in [2.45, 2.75) is 26.1 Å². The van der Waals surface area contributed by atoms with Gasteiger partial charge in [-0.2, -0.15) is 13.2 Å². The lowest BCUT2D eigenvalue weighted by Crippen LogP contribution is -2.37. The molecule has 2 N–H and O–H groups in total. The quantitative estimate of drug-likeness (QED) is 0.590. The second kappa shape index (κ2) is 8.88. The molecule has 0 saturated carbocycles. The monoisotopic (exact) mass is 386 g/mol. The van der Waals surface area contributed by atoms with Crippen molar-refractivity contribution in [3.8, 4) is 5.75 Å². The molecule has 0 atom stereocenters. The first kappa shape index (κ1) is 20.0. The molecule has 142 valence electrons. The summed E-state index contributed by atoms with van der Waals surface area (Å²) in [6, 6.07) is 5.92. The number of nitrogens with one attached hydrogen (secondary N) is 2. The number of methoxy groups -OCH3 is 1. The number of hydrogen-bond donors (Lipinski definition) is 2. The van der Waals surface area contributed by atoms with Crippen LogP contribution < -0.4 is 15.4 Å². The molecule has 2 aromatic rings. The van der Waals surface area contributed by atoms with Crippen LogP contribution in [0.25, 0.3) is 0 Å². The van der Waals surface area contributed by atoms with Crippen LogP contribution in [0, 0.1) is 6.92 Å². The zero-order chi connectivity index (χ0) is 19.2. The molecule has 0 radical (unpaired) electrons. The summed E-state index contributed by atoms with van der Waals surface area (Å²) in [6.45, 7) is 2.95. The van der Waals surface area contributed by atoms with Gasteiger partial charge >= 0.3 is 6.18 Å². The number of aromatic nitrogens is 1. The van der Waals surface area contributed by atoms with Crippen molar-refractivity contribution >= 4 is 17.3 Å². The highest BCUT2D eigenvalue weighted by Crippen LogP contribution is 2.30. The third-order valence-electron chi connectivity index (χ3n) is 3.63. The number of thiazole rings is 1. The fourth-order valence-electron chi connectivity index (χ4n) is 2.22. The van der Waals surface area contributed by atoms with E-state index in [0.717, 1.165) is 33.6 Å². The zero-order valence-corrected chi connectivity index (χ0v) is 15.6. The van der Waals surface area contributed by atoms with Crippen LogP contribution in [0.1, 0.15) is 21.8 Å². The number of guanidine groups is 1. The van der Waals surface area contributed by atoms with Gasteiger partial charge in [0.25, 0.3) is 0 Å². The van der Waals surface area contributed by atoms with Crippen LogP contribution in [0.5, 0.6) is 5.75 Å². The summed E-state index contributed by atoms with van der Waals surface area (Å²) in [7, 11) is 3.26. The maximum atomic E-state index is 12.5. The minimum absolute atomic E-state index is 0.389. The number of benzene rings is 1. The molecule has 0 amide bonds. The van der Waals surface area contributed by atoms with Crippen LogP contribution in [-0.4, -0.2) is 31.6 Å². The lowest BCUT2D eigenvalue weighted by Gasteiger charge is -2.12. The van der Waals surface area contributed by atoms with Crippen LogP contribution in [-0.2, 0) is 19.1 Å². The minimum Gasteiger partial charge on any atom is -0.496 e. The molecule has 0 spiro atoms. The second-order valence-electron chi connectivity index (χ2n) is 5.53. The van der Waals surface area contributed by atoms with Gasteiger partial charge in [0.1, 0.15) is 5.75 Å². The molecule has 9 heteroatoms. The highest BCUT2D eigenvalue weighted by atomic mass is 32.1. The maximum absolute atomic E-state index is 12.5. The van der Waals surface area contributed by atoms with Crippen LogP contribution in [0.3, 0.4) is 0 Å². The van der Waals surface area contributed by atoms with Gasteiger partial charge in [0.2, 0.25) is 0 Å². The van der Waals surface area contributed by atoms with E-state index in [9.17, 15) is 13.2 Å². The summed E-state index contributed by atoms with van der Waals surface area (Å²) < 4.78 is 42.9. The topological polar surface area (TPSA) is 58.5 Å². The molecule has 0 aliphatic heterocycles. The first-order valence-electron chi connectivity index (χ1n) is 7.93. The van der Waals surface area contributed by atoms with E-state index in [-0.39, 0.29) is 0 Å².